The first-order valence-electron chi connectivity index (χ1n) is 17.7. The molecule has 8 aromatic rings. The molecule has 2 aromatic heterocycles. The maximum atomic E-state index is 6.00. The van der Waals surface area contributed by atoms with Crippen LogP contribution in [0.15, 0.2) is 133 Å². The van der Waals surface area contributed by atoms with Gasteiger partial charge in [-0.05, 0) is 128 Å². The van der Waals surface area contributed by atoms with Gasteiger partial charge in [0.15, 0.2) is 34.5 Å². The van der Waals surface area contributed by atoms with Gasteiger partial charge in [-0.25, -0.2) is 0 Å². The van der Waals surface area contributed by atoms with Gasteiger partial charge in [-0.3, -0.25) is 0 Å². The van der Waals surface area contributed by atoms with Crippen LogP contribution in [0.25, 0.3) is 56.7 Å². The normalized spacial score (nSPS) is 12.5. The molecular formula is C42H32N8O6+2. The summed E-state index contributed by atoms with van der Waals surface area (Å²) in [4.78, 5) is 6.94. The van der Waals surface area contributed by atoms with E-state index in [0.717, 1.165) is 33.6 Å². The van der Waals surface area contributed by atoms with Gasteiger partial charge in [-0.2, -0.15) is 0 Å². The van der Waals surface area contributed by atoms with Crippen molar-refractivity contribution in [1.82, 2.24) is 30.0 Å². The molecule has 0 saturated carbocycles. The van der Waals surface area contributed by atoms with Gasteiger partial charge in [0.25, 0.3) is 0 Å². The van der Waals surface area contributed by atoms with E-state index in [9.17, 15) is 0 Å². The lowest BCUT2D eigenvalue weighted by molar-refractivity contribution is -0.734. The van der Waals surface area contributed by atoms with Crippen LogP contribution in [0, 0.1) is 0 Å². The summed E-state index contributed by atoms with van der Waals surface area (Å²) in [6, 6.07) is 42.8. The molecule has 274 valence electrons. The van der Waals surface area contributed by atoms with Crippen LogP contribution < -0.4 is 38.0 Å². The van der Waals surface area contributed by atoms with Crippen molar-refractivity contribution < 1.29 is 38.0 Å². The molecule has 14 heteroatoms. The largest absolute Gasteiger partial charge is 0.492 e. The zero-order chi connectivity index (χ0) is 37.6. The summed E-state index contributed by atoms with van der Waals surface area (Å²) in [5.74, 6) is 4.85. The Morgan fingerprint density at radius 3 is 1.30 bits per heavy atom. The monoisotopic (exact) mass is 744 g/mol. The summed E-state index contributed by atoms with van der Waals surface area (Å²) >= 11 is 0. The van der Waals surface area contributed by atoms with Gasteiger partial charge in [0.1, 0.15) is 11.4 Å². The molecule has 0 amide bonds. The molecule has 6 aromatic carbocycles. The van der Waals surface area contributed by atoms with Crippen LogP contribution in [0.2, 0.25) is 0 Å². The molecule has 0 saturated heterocycles. The van der Waals surface area contributed by atoms with E-state index in [1.165, 1.54) is 0 Å². The number of hydrogen-bond donors (Lipinski definition) is 0. The summed E-state index contributed by atoms with van der Waals surface area (Å²) in [5, 5.41) is 19.7. The fraction of sp³-hybridized carbons (Fsp3) is 0.0952. The summed E-state index contributed by atoms with van der Waals surface area (Å²) in [6.45, 7) is 0.361. The Morgan fingerprint density at radius 2 is 0.875 bits per heavy atom. The predicted molar refractivity (Wildman–Crippen MR) is 201 cm³/mol. The predicted octanol–water partition coefficient (Wildman–Crippen LogP) is 5.88. The third kappa shape index (κ3) is 5.76. The van der Waals surface area contributed by atoms with E-state index < -0.39 is 0 Å². The molecular weight excluding hydrogens is 713 g/mol. The summed E-state index contributed by atoms with van der Waals surface area (Å²) in [7, 11) is 3.28. The van der Waals surface area contributed by atoms with E-state index in [0.29, 0.717) is 57.5 Å². The van der Waals surface area contributed by atoms with Crippen LogP contribution >= 0.6 is 0 Å². The molecule has 4 heterocycles. The van der Waals surface area contributed by atoms with E-state index in [1.54, 1.807) is 33.4 Å². The molecule has 10 rings (SSSR count). The molecule has 0 N–H and O–H groups in total. The number of aromatic nitrogens is 8. The fourth-order valence-electron chi connectivity index (χ4n) is 6.68. The minimum atomic E-state index is 0.181. The lowest BCUT2D eigenvalue weighted by Crippen LogP contribution is -2.43. The molecule has 2 aliphatic heterocycles. The SMILES string of the molecule is COc1cc(-c2ccc(-[n+]3nc(-c4ccc5c(c4)OCO5)nn3-c3ccccc3)c(OC)c2)ccc1-[n+]1nc(-c2ccc3c(c2)OCO3)nn1-c1ccccc1. The van der Waals surface area contributed by atoms with E-state index in [4.69, 9.17) is 48.8 Å². The van der Waals surface area contributed by atoms with Gasteiger partial charge in [0.05, 0.1) is 35.5 Å². The van der Waals surface area contributed by atoms with Crippen molar-refractivity contribution in [2.75, 3.05) is 27.8 Å². The minimum absolute atomic E-state index is 0.181. The molecule has 14 nitrogen and oxygen atoms in total. The standard InChI is InChI=1S/C42H32N8O6/c1-51-37-21-27(13-17-33(37)49-45-41(43-47(49)31-9-5-3-6-10-31)29-15-19-35-39(23-29)55-25-53-35)28-14-18-34(38(22-28)52-2)50-46-42(44-48(50)32-11-7-4-8-12-32)30-16-20-36-40(24-30)56-26-54-36/h3-24H,25-26H2,1-2H3/q+2. The Bertz CT molecular complexity index is 2560. The second-order valence-corrected chi connectivity index (χ2v) is 12.8. The van der Waals surface area contributed by atoms with Gasteiger partial charge in [-0.15, -0.1) is 0 Å². The Labute approximate surface area is 319 Å². The molecule has 56 heavy (non-hydrogen) atoms. The van der Waals surface area contributed by atoms with Crippen molar-refractivity contribution in [3.63, 3.8) is 0 Å². The van der Waals surface area contributed by atoms with E-state index in [-0.39, 0.29) is 13.6 Å². The highest BCUT2D eigenvalue weighted by molar-refractivity contribution is 5.70. The highest BCUT2D eigenvalue weighted by atomic mass is 16.7. The van der Waals surface area contributed by atoms with Crippen LogP contribution in [0.5, 0.6) is 34.5 Å². The molecule has 0 fully saturated rings. The number of hydrogen-bond acceptors (Lipinski definition) is 10. The number of rotatable bonds is 9. The average Bonchev–Trinajstić information content (AvgIpc) is 4.10. The molecule has 0 aliphatic carbocycles. The quantitative estimate of drug-likeness (QED) is 0.166. The number of para-hydroxylation sites is 2. The van der Waals surface area contributed by atoms with Crippen molar-refractivity contribution in [3.05, 3.63) is 133 Å². The van der Waals surface area contributed by atoms with E-state index in [2.05, 4.69) is 0 Å². The van der Waals surface area contributed by atoms with Gasteiger partial charge >= 0.3 is 11.6 Å². The van der Waals surface area contributed by atoms with Gasteiger partial charge < -0.3 is 28.4 Å². The molecule has 0 bridgehead atoms. The Morgan fingerprint density at radius 1 is 0.464 bits per heavy atom. The highest BCUT2D eigenvalue weighted by Crippen LogP contribution is 2.37. The maximum absolute atomic E-state index is 6.00. The van der Waals surface area contributed by atoms with Crippen molar-refractivity contribution in [1.29, 1.82) is 0 Å². The molecule has 0 spiro atoms. The maximum Gasteiger partial charge on any atom is 0.340 e. The van der Waals surface area contributed by atoms with Crippen LogP contribution in [0.4, 0.5) is 0 Å². The lowest BCUT2D eigenvalue weighted by atomic mass is 10.0. The van der Waals surface area contributed by atoms with Crippen LogP contribution in [-0.4, -0.2) is 57.8 Å². The number of fused-ring (bicyclic) bond motifs is 2. The molecule has 0 unspecified atom stereocenters. The first-order chi connectivity index (χ1) is 27.6. The summed E-state index contributed by atoms with van der Waals surface area (Å²) in [6.07, 6.45) is 0. The Balaban J connectivity index is 1.04. The van der Waals surface area contributed by atoms with Crippen LogP contribution in [0.1, 0.15) is 0 Å². The van der Waals surface area contributed by atoms with Gasteiger partial charge in [0.2, 0.25) is 25.0 Å². The summed E-state index contributed by atoms with van der Waals surface area (Å²) in [5.41, 5.74) is 6.37. The second-order valence-electron chi connectivity index (χ2n) is 12.8. The van der Waals surface area contributed by atoms with Crippen molar-refractivity contribution in [2.45, 2.75) is 0 Å². The fourth-order valence-corrected chi connectivity index (χ4v) is 6.68. The zero-order valence-electron chi connectivity index (χ0n) is 30.1. The van der Waals surface area contributed by atoms with E-state index in [1.807, 2.05) is 133 Å². The molecule has 2 aliphatic rings. The second kappa shape index (κ2) is 13.6. The Kier molecular flexibility index (Phi) is 7.98. The Hall–Kier alpha value is -7.74. The highest BCUT2D eigenvalue weighted by Gasteiger charge is 2.30. The smallest absolute Gasteiger partial charge is 0.340 e. The van der Waals surface area contributed by atoms with Crippen molar-refractivity contribution >= 4 is 0 Å². The number of ether oxygens (including phenoxy) is 6. The zero-order valence-corrected chi connectivity index (χ0v) is 30.1. The number of tetrazole rings is 2. The number of methoxy groups -OCH3 is 2. The van der Waals surface area contributed by atoms with Crippen LogP contribution in [0.3, 0.4) is 0 Å². The van der Waals surface area contributed by atoms with Gasteiger partial charge in [-0.1, -0.05) is 36.4 Å². The van der Waals surface area contributed by atoms with E-state index >= 15 is 0 Å². The third-order valence-corrected chi connectivity index (χ3v) is 9.48. The minimum Gasteiger partial charge on any atom is -0.492 e. The van der Waals surface area contributed by atoms with Crippen LogP contribution in [-0.2, 0) is 0 Å². The first kappa shape index (κ1) is 32.9. The third-order valence-electron chi connectivity index (χ3n) is 9.48. The topological polar surface area (TPSA) is 125 Å². The van der Waals surface area contributed by atoms with Crippen molar-refractivity contribution in [2.24, 2.45) is 0 Å². The lowest BCUT2D eigenvalue weighted by Gasteiger charge is -2.11. The average molecular weight is 745 g/mol. The molecule has 0 atom stereocenters. The number of nitrogens with zero attached hydrogens (tertiary/aromatic N) is 8. The van der Waals surface area contributed by atoms with Crippen molar-refractivity contribution in [3.8, 4) is 91.1 Å². The summed E-state index contributed by atoms with van der Waals surface area (Å²) < 4.78 is 34.3. The molecule has 0 radical (unpaired) electrons. The van der Waals surface area contributed by atoms with Gasteiger partial charge in [0, 0.05) is 9.59 Å². The number of benzene rings is 6. The first-order valence-corrected chi connectivity index (χ1v) is 17.7.